The maximum Gasteiger partial charge on any atom is 0.308 e. The van der Waals surface area contributed by atoms with E-state index in [9.17, 15) is 4.79 Å². The van der Waals surface area contributed by atoms with Gasteiger partial charge in [0.05, 0.1) is 6.54 Å². The molecule has 0 bridgehead atoms. The van der Waals surface area contributed by atoms with Crippen LogP contribution in [0.25, 0.3) is 0 Å². The molecule has 0 unspecified atom stereocenters. The summed E-state index contributed by atoms with van der Waals surface area (Å²) in [6, 6.07) is 9.99. The van der Waals surface area contributed by atoms with Gasteiger partial charge in [-0.15, -0.1) is 10.2 Å². The number of ether oxygens (including phenoxy) is 1. The summed E-state index contributed by atoms with van der Waals surface area (Å²) < 4.78 is 11.5. The van der Waals surface area contributed by atoms with Gasteiger partial charge in [-0.05, 0) is 18.4 Å². The van der Waals surface area contributed by atoms with Crippen LogP contribution in [0.4, 0.5) is 0 Å². The number of hydrogen-bond donors (Lipinski definition) is 1. The SMILES string of the molecule is CC(C)(C)c1nnc(C(=O)NC[C@@]2(c3ccccc3)CCCO2)o1. The third-order valence-electron chi connectivity index (χ3n) is 4.20. The van der Waals surface area contributed by atoms with Gasteiger partial charge in [0.1, 0.15) is 5.60 Å². The molecule has 0 aliphatic carbocycles. The van der Waals surface area contributed by atoms with E-state index in [-0.39, 0.29) is 17.2 Å². The second-order valence-corrected chi connectivity index (χ2v) is 7.16. The molecule has 1 fully saturated rings. The molecule has 1 N–H and O–H groups in total. The molecule has 1 aliphatic rings. The Hall–Kier alpha value is -2.21. The van der Waals surface area contributed by atoms with E-state index in [2.05, 4.69) is 15.5 Å². The average molecular weight is 329 g/mol. The number of nitrogens with one attached hydrogen (secondary N) is 1. The zero-order chi connectivity index (χ0) is 17.2. The van der Waals surface area contributed by atoms with Gasteiger partial charge in [-0.3, -0.25) is 4.79 Å². The van der Waals surface area contributed by atoms with Crippen LogP contribution in [-0.4, -0.2) is 29.3 Å². The summed E-state index contributed by atoms with van der Waals surface area (Å²) in [6.07, 6.45) is 1.84. The first-order chi connectivity index (χ1) is 11.4. The summed E-state index contributed by atoms with van der Waals surface area (Å²) in [7, 11) is 0. The van der Waals surface area contributed by atoms with Gasteiger partial charge >= 0.3 is 11.8 Å². The molecule has 1 saturated heterocycles. The first-order valence-corrected chi connectivity index (χ1v) is 8.22. The third kappa shape index (κ3) is 3.33. The highest BCUT2D eigenvalue weighted by molar-refractivity contribution is 5.89. The Balaban J connectivity index is 1.71. The predicted octanol–water partition coefficient (Wildman–Crippen LogP) is 2.80. The molecular weight excluding hydrogens is 306 g/mol. The molecule has 6 nitrogen and oxygen atoms in total. The predicted molar refractivity (Wildman–Crippen MR) is 88.6 cm³/mol. The maximum absolute atomic E-state index is 12.4. The van der Waals surface area contributed by atoms with Crippen LogP contribution < -0.4 is 5.32 Å². The fourth-order valence-electron chi connectivity index (χ4n) is 2.83. The van der Waals surface area contributed by atoms with Gasteiger partial charge in [-0.1, -0.05) is 51.1 Å². The quantitative estimate of drug-likeness (QED) is 0.933. The van der Waals surface area contributed by atoms with Gasteiger partial charge in [0.2, 0.25) is 5.89 Å². The van der Waals surface area contributed by atoms with Gasteiger partial charge in [-0.25, -0.2) is 0 Å². The van der Waals surface area contributed by atoms with Crippen LogP contribution in [0.3, 0.4) is 0 Å². The molecule has 0 spiro atoms. The van der Waals surface area contributed by atoms with E-state index in [0.29, 0.717) is 19.0 Å². The molecule has 6 heteroatoms. The number of carbonyl (C=O) groups excluding carboxylic acids is 1. The monoisotopic (exact) mass is 329 g/mol. The molecule has 2 heterocycles. The highest BCUT2D eigenvalue weighted by atomic mass is 16.5. The van der Waals surface area contributed by atoms with E-state index in [1.54, 1.807) is 0 Å². The van der Waals surface area contributed by atoms with Crippen molar-refractivity contribution in [2.45, 2.75) is 44.6 Å². The Labute approximate surface area is 141 Å². The van der Waals surface area contributed by atoms with Crippen LogP contribution in [0.15, 0.2) is 34.7 Å². The highest BCUT2D eigenvalue weighted by Gasteiger charge is 2.37. The van der Waals surface area contributed by atoms with Gasteiger partial charge in [0.25, 0.3) is 0 Å². The summed E-state index contributed by atoms with van der Waals surface area (Å²) >= 11 is 0. The first-order valence-electron chi connectivity index (χ1n) is 8.22. The Morgan fingerprint density at radius 3 is 2.58 bits per heavy atom. The van der Waals surface area contributed by atoms with Crippen molar-refractivity contribution in [3.05, 3.63) is 47.7 Å². The zero-order valence-electron chi connectivity index (χ0n) is 14.3. The van der Waals surface area contributed by atoms with Crippen molar-refractivity contribution < 1.29 is 13.9 Å². The first kappa shape index (κ1) is 16.6. The van der Waals surface area contributed by atoms with E-state index in [1.807, 2.05) is 51.1 Å². The topological polar surface area (TPSA) is 77.2 Å². The second-order valence-electron chi connectivity index (χ2n) is 7.16. The van der Waals surface area contributed by atoms with Crippen molar-refractivity contribution in [2.75, 3.05) is 13.2 Å². The Morgan fingerprint density at radius 2 is 2.00 bits per heavy atom. The number of rotatable bonds is 4. The molecule has 0 radical (unpaired) electrons. The summed E-state index contributed by atoms with van der Waals surface area (Å²) in [5, 5.41) is 10.7. The van der Waals surface area contributed by atoms with Crippen molar-refractivity contribution >= 4 is 5.91 Å². The minimum atomic E-state index is -0.482. The van der Waals surface area contributed by atoms with Crippen LogP contribution >= 0.6 is 0 Å². The molecular formula is C18H23N3O3. The Morgan fingerprint density at radius 1 is 1.25 bits per heavy atom. The summed E-state index contributed by atoms with van der Waals surface area (Å²) in [6.45, 7) is 6.94. The van der Waals surface area contributed by atoms with Crippen LogP contribution in [-0.2, 0) is 15.8 Å². The highest BCUT2D eigenvalue weighted by Crippen LogP contribution is 2.35. The number of carbonyl (C=O) groups is 1. The largest absolute Gasteiger partial charge is 0.416 e. The zero-order valence-corrected chi connectivity index (χ0v) is 14.3. The second kappa shape index (κ2) is 6.36. The van der Waals surface area contributed by atoms with Crippen LogP contribution in [0.5, 0.6) is 0 Å². The smallest absolute Gasteiger partial charge is 0.308 e. The Bertz CT molecular complexity index is 698. The van der Waals surface area contributed by atoms with Crippen molar-refractivity contribution in [1.82, 2.24) is 15.5 Å². The van der Waals surface area contributed by atoms with Crippen LogP contribution in [0, 0.1) is 0 Å². The van der Waals surface area contributed by atoms with E-state index in [1.165, 1.54) is 0 Å². The lowest BCUT2D eigenvalue weighted by Crippen LogP contribution is -2.40. The van der Waals surface area contributed by atoms with Crippen molar-refractivity contribution in [3.8, 4) is 0 Å². The molecule has 2 aromatic rings. The Kier molecular flexibility index (Phi) is 4.41. The molecule has 1 amide bonds. The molecule has 1 aromatic heterocycles. The molecule has 1 aromatic carbocycles. The number of nitrogens with zero attached hydrogens (tertiary/aromatic N) is 2. The van der Waals surface area contributed by atoms with E-state index < -0.39 is 5.60 Å². The fraction of sp³-hybridized carbons (Fsp3) is 0.500. The summed E-state index contributed by atoms with van der Waals surface area (Å²) in [5.41, 5.74) is 0.304. The van der Waals surface area contributed by atoms with E-state index in [4.69, 9.17) is 9.15 Å². The number of aromatic nitrogens is 2. The lowest BCUT2D eigenvalue weighted by molar-refractivity contribution is 0.00108. The molecule has 128 valence electrons. The van der Waals surface area contributed by atoms with Gasteiger partial charge in [-0.2, -0.15) is 0 Å². The summed E-state index contributed by atoms with van der Waals surface area (Å²) in [5.74, 6) is 0.0625. The fourth-order valence-corrected chi connectivity index (χ4v) is 2.83. The molecule has 24 heavy (non-hydrogen) atoms. The van der Waals surface area contributed by atoms with Crippen LogP contribution in [0.1, 0.15) is 55.8 Å². The van der Waals surface area contributed by atoms with Crippen molar-refractivity contribution in [2.24, 2.45) is 0 Å². The molecule has 0 saturated carbocycles. The lowest BCUT2D eigenvalue weighted by atomic mass is 9.90. The van der Waals surface area contributed by atoms with Gasteiger partial charge in [0.15, 0.2) is 0 Å². The minimum absolute atomic E-state index is 0.0128. The molecule has 3 rings (SSSR count). The van der Waals surface area contributed by atoms with Gasteiger partial charge < -0.3 is 14.5 Å². The van der Waals surface area contributed by atoms with E-state index in [0.717, 1.165) is 18.4 Å². The maximum atomic E-state index is 12.4. The average Bonchev–Trinajstić information content (AvgIpc) is 3.23. The third-order valence-corrected chi connectivity index (χ3v) is 4.20. The molecule has 1 aliphatic heterocycles. The van der Waals surface area contributed by atoms with Crippen LogP contribution in [0.2, 0.25) is 0 Å². The number of hydrogen-bond acceptors (Lipinski definition) is 5. The van der Waals surface area contributed by atoms with Crippen molar-refractivity contribution in [1.29, 1.82) is 0 Å². The normalized spacial score (nSPS) is 21.0. The summed E-state index contributed by atoms with van der Waals surface area (Å²) in [4.78, 5) is 12.4. The lowest BCUT2D eigenvalue weighted by Gasteiger charge is -2.29. The van der Waals surface area contributed by atoms with Gasteiger partial charge in [0, 0.05) is 12.0 Å². The number of benzene rings is 1. The standard InChI is InChI=1S/C18H23N3O3/c1-17(2,3)16-21-20-15(24-16)14(22)19-12-18(10-7-11-23-18)13-8-5-4-6-9-13/h4-6,8-9H,7,10-12H2,1-3H3,(H,19,22)/t18-/m1/s1. The molecule has 1 atom stereocenters. The van der Waals surface area contributed by atoms with Crippen molar-refractivity contribution in [3.63, 3.8) is 0 Å². The number of amides is 1. The minimum Gasteiger partial charge on any atom is -0.416 e. The van der Waals surface area contributed by atoms with E-state index >= 15 is 0 Å².